The van der Waals surface area contributed by atoms with Crippen LogP contribution < -0.4 is 27.4 Å². The van der Waals surface area contributed by atoms with Crippen LogP contribution in [0.2, 0.25) is 0 Å². The van der Waals surface area contributed by atoms with Gasteiger partial charge in [-0.25, -0.2) is 4.79 Å². The highest BCUT2D eigenvalue weighted by atomic mass is 16.4. The minimum absolute atomic E-state index is 0.144. The van der Waals surface area contributed by atoms with Crippen molar-refractivity contribution in [2.75, 3.05) is 6.54 Å². The molecule has 0 spiro atoms. The summed E-state index contributed by atoms with van der Waals surface area (Å²) in [6.45, 7) is 3.80. The molecular weight excluding hydrogens is 478 g/mol. The van der Waals surface area contributed by atoms with Crippen LogP contribution in [0.5, 0.6) is 0 Å². The molecule has 0 rings (SSSR count). The van der Waals surface area contributed by atoms with Crippen LogP contribution in [0.3, 0.4) is 0 Å². The molecule has 0 bridgehead atoms. The molecule has 206 valence electrons. The second-order valence-electron chi connectivity index (χ2n) is 8.59. The van der Waals surface area contributed by atoms with Crippen molar-refractivity contribution in [3.63, 3.8) is 0 Å². The first-order chi connectivity index (χ1) is 16.8. The van der Waals surface area contributed by atoms with E-state index in [-0.39, 0.29) is 25.7 Å². The number of nitrogens with one attached hydrogen (secondary N) is 3. The van der Waals surface area contributed by atoms with Crippen molar-refractivity contribution in [1.82, 2.24) is 16.0 Å². The third-order valence-electron chi connectivity index (χ3n) is 5.64. The number of hydrogen-bond acceptors (Lipinski definition) is 8. The quantitative estimate of drug-likeness (QED) is 0.0940. The molecule has 36 heavy (non-hydrogen) atoms. The van der Waals surface area contributed by atoms with Gasteiger partial charge < -0.3 is 42.7 Å². The zero-order valence-electron chi connectivity index (χ0n) is 20.7. The summed E-state index contributed by atoms with van der Waals surface area (Å²) in [5.74, 6) is -6.50. The summed E-state index contributed by atoms with van der Waals surface area (Å²) >= 11 is 0. The average Bonchev–Trinajstić information content (AvgIpc) is 2.81. The van der Waals surface area contributed by atoms with Crippen molar-refractivity contribution in [3.05, 3.63) is 0 Å². The van der Waals surface area contributed by atoms with E-state index in [4.69, 9.17) is 21.7 Å². The van der Waals surface area contributed by atoms with Crippen LogP contribution in [0.15, 0.2) is 0 Å². The highest BCUT2D eigenvalue weighted by Crippen LogP contribution is 2.11. The predicted molar refractivity (Wildman–Crippen MR) is 128 cm³/mol. The Hall–Kier alpha value is -3.26. The van der Waals surface area contributed by atoms with Crippen molar-refractivity contribution in [3.8, 4) is 0 Å². The van der Waals surface area contributed by atoms with Gasteiger partial charge in [0.25, 0.3) is 0 Å². The fraction of sp³-hybridized carbons (Fsp3) is 0.727. The number of carboxylic acid groups (broad SMARTS) is 3. The zero-order valence-corrected chi connectivity index (χ0v) is 20.7. The van der Waals surface area contributed by atoms with Crippen LogP contribution in [-0.2, 0) is 28.8 Å². The third-order valence-corrected chi connectivity index (χ3v) is 5.64. The number of unbranched alkanes of at least 4 members (excludes halogenated alkanes) is 1. The maximum atomic E-state index is 13.0. The van der Waals surface area contributed by atoms with E-state index in [1.54, 1.807) is 13.8 Å². The predicted octanol–water partition coefficient (Wildman–Crippen LogP) is -1.24. The standard InChI is InChI=1S/C22H39N5O9/c1-3-12(2)18(21(34)26-15(22(35)36)6-4-5-11-23)27-20(33)14(8-10-17(30)31)25-19(32)13(24)7-9-16(28)29/h12-15,18H,3-11,23-24H2,1-2H3,(H,25,32)(H,26,34)(H,27,33)(H,28,29)(H,30,31)(H,35,36). The Morgan fingerprint density at radius 2 is 1.31 bits per heavy atom. The smallest absolute Gasteiger partial charge is 0.326 e. The summed E-state index contributed by atoms with van der Waals surface area (Å²) in [7, 11) is 0. The highest BCUT2D eigenvalue weighted by molar-refractivity contribution is 5.94. The second kappa shape index (κ2) is 17.2. The van der Waals surface area contributed by atoms with Crippen LogP contribution in [0.1, 0.15) is 65.2 Å². The summed E-state index contributed by atoms with van der Waals surface area (Å²) < 4.78 is 0. The van der Waals surface area contributed by atoms with Gasteiger partial charge in [0.1, 0.15) is 18.1 Å². The summed E-state index contributed by atoms with van der Waals surface area (Å²) in [6, 6.07) is -4.98. The Labute approximate surface area is 209 Å². The van der Waals surface area contributed by atoms with Gasteiger partial charge in [-0.15, -0.1) is 0 Å². The number of aliphatic carboxylic acids is 3. The summed E-state index contributed by atoms with van der Waals surface area (Å²) in [4.78, 5) is 71.6. The molecule has 14 nitrogen and oxygen atoms in total. The molecule has 0 aliphatic heterocycles. The molecule has 0 aromatic carbocycles. The van der Waals surface area contributed by atoms with Crippen LogP contribution in [0.4, 0.5) is 0 Å². The van der Waals surface area contributed by atoms with Crippen LogP contribution in [0.25, 0.3) is 0 Å². The Balaban J connectivity index is 5.55. The van der Waals surface area contributed by atoms with Crippen molar-refractivity contribution in [1.29, 1.82) is 0 Å². The summed E-state index contributed by atoms with van der Waals surface area (Å²) in [6.07, 6.45) is 0.250. The van der Waals surface area contributed by atoms with Gasteiger partial charge in [0.05, 0.1) is 6.04 Å². The van der Waals surface area contributed by atoms with E-state index in [2.05, 4.69) is 16.0 Å². The number of carboxylic acids is 3. The van der Waals surface area contributed by atoms with E-state index in [1.807, 2.05) is 0 Å². The van der Waals surface area contributed by atoms with Crippen LogP contribution in [0, 0.1) is 5.92 Å². The summed E-state index contributed by atoms with van der Waals surface area (Å²) in [5, 5.41) is 34.4. The fourth-order valence-corrected chi connectivity index (χ4v) is 3.19. The molecule has 5 atom stereocenters. The number of carbonyl (C=O) groups is 6. The van der Waals surface area contributed by atoms with Gasteiger partial charge >= 0.3 is 17.9 Å². The largest absolute Gasteiger partial charge is 0.481 e. The molecule has 3 amide bonds. The molecule has 0 radical (unpaired) electrons. The first-order valence-corrected chi connectivity index (χ1v) is 11.9. The monoisotopic (exact) mass is 517 g/mol. The molecule has 0 aromatic heterocycles. The molecule has 10 N–H and O–H groups in total. The number of carbonyl (C=O) groups excluding carboxylic acids is 3. The second-order valence-corrected chi connectivity index (χ2v) is 8.59. The number of nitrogens with two attached hydrogens (primary N) is 2. The average molecular weight is 518 g/mol. The van der Waals surface area contributed by atoms with E-state index in [0.717, 1.165) is 0 Å². The van der Waals surface area contributed by atoms with Crippen LogP contribution >= 0.6 is 0 Å². The van der Waals surface area contributed by atoms with Crippen molar-refractivity contribution >= 4 is 35.6 Å². The van der Waals surface area contributed by atoms with Gasteiger partial charge in [0.15, 0.2) is 0 Å². The highest BCUT2D eigenvalue weighted by Gasteiger charge is 2.32. The lowest BCUT2D eigenvalue weighted by molar-refractivity contribution is -0.143. The summed E-state index contributed by atoms with van der Waals surface area (Å²) in [5.41, 5.74) is 11.1. The fourth-order valence-electron chi connectivity index (χ4n) is 3.19. The molecule has 0 saturated carbocycles. The lowest BCUT2D eigenvalue weighted by atomic mass is 9.96. The molecule has 0 fully saturated rings. The number of amides is 3. The minimum Gasteiger partial charge on any atom is -0.481 e. The first kappa shape index (κ1) is 32.7. The number of rotatable bonds is 19. The van der Waals surface area contributed by atoms with E-state index in [0.29, 0.717) is 25.8 Å². The Bertz CT molecular complexity index is 777. The Morgan fingerprint density at radius 1 is 0.750 bits per heavy atom. The minimum atomic E-state index is -1.37. The number of hydrogen-bond donors (Lipinski definition) is 8. The Kier molecular flexibility index (Phi) is 15.7. The molecule has 0 aromatic rings. The maximum Gasteiger partial charge on any atom is 0.326 e. The first-order valence-electron chi connectivity index (χ1n) is 11.9. The molecule has 0 saturated heterocycles. The lowest BCUT2D eigenvalue weighted by Crippen LogP contribution is -2.58. The van der Waals surface area contributed by atoms with Gasteiger partial charge in [-0.1, -0.05) is 20.3 Å². The van der Waals surface area contributed by atoms with E-state index < -0.39 is 72.1 Å². The SMILES string of the molecule is CCC(C)C(NC(=O)C(CCC(=O)O)NC(=O)C(N)CCC(=O)O)C(=O)NC(CCCCN)C(=O)O. The van der Waals surface area contributed by atoms with Crippen molar-refractivity contribution in [2.24, 2.45) is 17.4 Å². The molecule has 0 heterocycles. The van der Waals surface area contributed by atoms with E-state index in [9.17, 15) is 33.9 Å². The molecule has 0 aliphatic rings. The molecule has 14 heteroatoms. The van der Waals surface area contributed by atoms with Crippen molar-refractivity contribution < 1.29 is 44.1 Å². The van der Waals surface area contributed by atoms with Gasteiger partial charge in [-0.05, 0) is 44.6 Å². The van der Waals surface area contributed by atoms with E-state index in [1.165, 1.54) is 0 Å². The van der Waals surface area contributed by atoms with Crippen molar-refractivity contribution in [2.45, 2.75) is 89.4 Å². The topological polar surface area (TPSA) is 251 Å². The zero-order chi connectivity index (χ0) is 27.8. The molecular formula is C22H39N5O9. The van der Waals surface area contributed by atoms with Gasteiger partial charge in [-0.2, -0.15) is 0 Å². The van der Waals surface area contributed by atoms with E-state index >= 15 is 0 Å². The van der Waals surface area contributed by atoms with Gasteiger partial charge in [0, 0.05) is 12.8 Å². The molecule has 5 unspecified atom stereocenters. The normalized spacial score (nSPS) is 15.0. The van der Waals surface area contributed by atoms with Gasteiger partial charge in [0.2, 0.25) is 17.7 Å². The van der Waals surface area contributed by atoms with Crippen LogP contribution in [-0.4, -0.2) is 81.7 Å². The van der Waals surface area contributed by atoms with Gasteiger partial charge in [-0.3, -0.25) is 24.0 Å². The molecule has 0 aliphatic carbocycles. The lowest BCUT2D eigenvalue weighted by Gasteiger charge is -2.28. The maximum absolute atomic E-state index is 13.0. The third kappa shape index (κ3) is 13.0. The Morgan fingerprint density at radius 3 is 1.81 bits per heavy atom.